The highest BCUT2D eigenvalue weighted by Gasteiger charge is 2.34. The Kier molecular flexibility index (Phi) is 5.92. The van der Waals surface area contributed by atoms with Crippen LogP contribution in [0, 0.1) is 17.8 Å². The number of hydrogen-bond acceptors (Lipinski definition) is 4. The molecule has 0 spiro atoms. The van der Waals surface area contributed by atoms with E-state index >= 15 is 0 Å². The molecule has 2 aliphatic carbocycles. The first-order chi connectivity index (χ1) is 10.4. The predicted octanol–water partition coefficient (Wildman–Crippen LogP) is 3.16. The third-order valence-electron chi connectivity index (χ3n) is 5.75. The van der Waals surface area contributed by atoms with Crippen LogP contribution in [-0.4, -0.2) is 18.9 Å². The zero-order valence-corrected chi connectivity index (χ0v) is 13.3. The van der Waals surface area contributed by atoms with E-state index in [-0.39, 0.29) is 0 Å². The molecule has 0 amide bonds. The fourth-order valence-corrected chi connectivity index (χ4v) is 4.45. The molecule has 4 nitrogen and oxygen atoms in total. The van der Waals surface area contributed by atoms with Crippen molar-refractivity contribution in [3.63, 3.8) is 0 Å². The molecule has 0 aromatic carbocycles. The van der Waals surface area contributed by atoms with Crippen LogP contribution in [0.5, 0.6) is 0 Å². The van der Waals surface area contributed by atoms with Gasteiger partial charge in [0.15, 0.2) is 0 Å². The Morgan fingerprint density at radius 2 is 1.81 bits per heavy atom. The SMILES string of the molecule is C(CCC1CCCCC1)=NNC1NNCC2CCCCC21. The highest BCUT2D eigenvalue weighted by Crippen LogP contribution is 2.32. The highest BCUT2D eigenvalue weighted by atomic mass is 15.5. The van der Waals surface area contributed by atoms with Crippen LogP contribution in [0.1, 0.15) is 70.6 Å². The van der Waals surface area contributed by atoms with Crippen LogP contribution >= 0.6 is 0 Å². The van der Waals surface area contributed by atoms with E-state index in [9.17, 15) is 0 Å². The topological polar surface area (TPSA) is 48.5 Å². The maximum atomic E-state index is 4.49. The quantitative estimate of drug-likeness (QED) is 0.539. The van der Waals surface area contributed by atoms with Gasteiger partial charge in [0.1, 0.15) is 6.17 Å². The van der Waals surface area contributed by atoms with Crippen molar-refractivity contribution in [2.24, 2.45) is 22.9 Å². The minimum Gasteiger partial charge on any atom is -0.292 e. The van der Waals surface area contributed by atoms with Gasteiger partial charge in [-0.1, -0.05) is 44.9 Å². The Balaban J connectivity index is 1.36. The van der Waals surface area contributed by atoms with E-state index < -0.39 is 0 Å². The molecule has 0 bridgehead atoms. The molecule has 3 atom stereocenters. The number of nitrogens with one attached hydrogen (secondary N) is 3. The average molecular weight is 292 g/mol. The van der Waals surface area contributed by atoms with Gasteiger partial charge < -0.3 is 0 Å². The summed E-state index contributed by atoms with van der Waals surface area (Å²) in [5, 5.41) is 4.49. The van der Waals surface area contributed by atoms with Crippen LogP contribution in [0.2, 0.25) is 0 Å². The number of hydrazine groups is 1. The highest BCUT2D eigenvalue weighted by molar-refractivity contribution is 5.56. The summed E-state index contributed by atoms with van der Waals surface area (Å²) in [6.07, 6.45) is 17.6. The van der Waals surface area contributed by atoms with Gasteiger partial charge in [-0.15, -0.1) is 0 Å². The van der Waals surface area contributed by atoms with E-state index in [0.717, 1.165) is 30.7 Å². The smallest absolute Gasteiger partial charge is 0.109 e. The van der Waals surface area contributed by atoms with Crippen LogP contribution in [0.25, 0.3) is 0 Å². The van der Waals surface area contributed by atoms with E-state index in [1.807, 2.05) is 0 Å². The summed E-state index contributed by atoms with van der Waals surface area (Å²) in [7, 11) is 0. The van der Waals surface area contributed by atoms with Crippen LogP contribution in [0.4, 0.5) is 0 Å². The Morgan fingerprint density at radius 1 is 1.00 bits per heavy atom. The first kappa shape index (κ1) is 15.3. The van der Waals surface area contributed by atoms with Crippen molar-refractivity contribution in [1.29, 1.82) is 0 Å². The van der Waals surface area contributed by atoms with Crippen LogP contribution in [0.15, 0.2) is 5.10 Å². The van der Waals surface area contributed by atoms with Gasteiger partial charge in [0, 0.05) is 12.8 Å². The maximum Gasteiger partial charge on any atom is 0.109 e. The van der Waals surface area contributed by atoms with Gasteiger partial charge in [0.05, 0.1) is 0 Å². The van der Waals surface area contributed by atoms with E-state index in [1.54, 1.807) is 0 Å². The lowest BCUT2D eigenvalue weighted by atomic mass is 9.77. The minimum atomic E-state index is 0.315. The van der Waals surface area contributed by atoms with E-state index in [1.165, 1.54) is 64.2 Å². The summed E-state index contributed by atoms with van der Waals surface area (Å²) in [5.41, 5.74) is 10.1. The van der Waals surface area contributed by atoms with Crippen molar-refractivity contribution >= 4 is 6.21 Å². The molecular weight excluding hydrogens is 260 g/mol. The Labute approximate surface area is 129 Å². The molecule has 3 rings (SSSR count). The van der Waals surface area contributed by atoms with Crippen LogP contribution in [-0.2, 0) is 0 Å². The fourth-order valence-electron chi connectivity index (χ4n) is 4.45. The van der Waals surface area contributed by atoms with Gasteiger partial charge in [0.2, 0.25) is 0 Å². The molecule has 1 saturated heterocycles. The second kappa shape index (κ2) is 8.14. The molecule has 3 N–H and O–H groups in total. The Hall–Kier alpha value is -0.610. The number of fused-ring (bicyclic) bond motifs is 1. The summed E-state index contributed by atoms with van der Waals surface area (Å²) in [6, 6.07) is 0. The third-order valence-corrected chi connectivity index (χ3v) is 5.75. The summed E-state index contributed by atoms with van der Waals surface area (Å²) >= 11 is 0. The summed E-state index contributed by atoms with van der Waals surface area (Å²) < 4.78 is 0. The van der Waals surface area contributed by atoms with Crippen molar-refractivity contribution in [2.45, 2.75) is 76.8 Å². The van der Waals surface area contributed by atoms with E-state index in [2.05, 4.69) is 27.6 Å². The standard InChI is InChI=1S/C17H32N4/c1-2-7-14(8-3-1)9-6-12-18-20-17-16-11-5-4-10-15(16)13-19-21-17/h12,14-17,19-21H,1-11,13H2. The Bertz CT molecular complexity index is 323. The van der Waals surface area contributed by atoms with Crippen molar-refractivity contribution in [2.75, 3.05) is 6.54 Å². The van der Waals surface area contributed by atoms with Gasteiger partial charge in [0.25, 0.3) is 0 Å². The molecule has 4 heteroatoms. The lowest BCUT2D eigenvalue weighted by Crippen LogP contribution is -2.60. The number of hydrazone groups is 1. The first-order valence-corrected chi connectivity index (χ1v) is 9.19. The lowest BCUT2D eigenvalue weighted by molar-refractivity contribution is 0.0996. The van der Waals surface area contributed by atoms with E-state index in [4.69, 9.17) is 0 Å². The molecule has 3 fully saturated rings. The van der Waals surface area contributed by atoms with Gasteiger partial charge in [-0.2, -0.15) is 5.10 Å². The predicted molar refractivity (Wildman–Crippen MR) is 87.8 cm³/mol. The zero-order valence-electron chi connectivity index (χ0n) is 13.3. The molecule has 3 unspecified atom stereocenters. The molecule has 1 aliphatic heterocycles. The molecule has 1 heterocycles. The monoisotopic (exact) mass is 292 g/mol. The van der Waals surface area contributed by atoms with Crippen molar-refractivity contribution in [3.8, 4) is 0 Å². The van der Waals surface area contributed by atoms with Gasteiger partial charge >= 0.3 is 0 Å². The zero-order chi connectivity index (χ0) is 14.3. The molecule has 120 valence electrons. The van der Waals surface area contributed by atoms with E-state index in [0.29, 0.717) is 6.17 Å². The number of hydrogen-bond donors (Lipinski definition) is 3. The maximum absolute atomic E-state index is 4.49. The molecule has 2 saturated carbocycles. The van der Waals surface area contributed by atoms with Gasteiger partial charge in [-0.05, 0) is 43.4 Å². The molecule has 0 aromatic rings. The Morgan fingerprint density at radius 3 is 2.71 bits per heavy atom. The molecule has 0 aromatic heterocycles. The second-order valence-corrected chi connectivity index (χ2v) is 7.23. The molecular formula is C17H32N4. The molecule has 3 aliphatic rings. The normalized spacial score (nSPS) is 34.8. The first-order valence-electron chi connectivity index (χ1n) is 9.19. The number of nitrogens with zero attached hydrogens (tertiary/aromatic N) is 1. The fraction of sp³-hybridized carbons (Fsp3) is 0.941. The second-order valence-electron chi connectivity index (χ2n) is 7.23. The summed E-state index contributed by atoms with van der Waals surface area (Å²) in [4.78, 5) is 0. The lowest BCUT2D eigenvalue weighted by Gasteiger charge is -2.41. The average Bonchev–Trinajstić information content (AvgIpc) is 2.56. The molecule has 0 radical (unpaired) electrons. The van der Waals surface area contributed by atoms with Crippen LogP contribution < -0.4 is 16.3 Å². The van der Waals surface area contributed by atoms with Gasteiger partial charge in [-0.25, -0.2) is 5.43 Å². The summed E-state index contributed by atoms with van der Waals surface area (Å²) in [6.45, 7) is 1.12. The largest absolute Gasteiger partial charge is 0.292 e. The van der Waals surface area contributed by atoms with Crippen molar-refractivity contribution in [3.05, 3.63) is 0 Å². The van der Waals surface area contributed by atoms with Crippen molar-refractivity contribution < 1.29 is 0 Å². The minimum absolute atomic E-state index is 0.315. The number of rotatable bonds is 5. The third kappa shape index (κ3) is 4.43. The van der Waals surface area contributed by atoms with Crippen LogP contribution in [0.3, 0.4) is 0 Å². The summed E-state index contributed by atoms with van der Waals surface area (Å²) in [5.74, 6) is 2.54. The molecule has 21 heavy (non-hydrogen) atoms. The van der Waals surface area contributed by atoms with Crippen molar-refractivity contribution in [1.82, 2.24) is 16.3 Å². The van der Waals surface area contributed by atoms with Gasteiger partial charge in [-0.3, -0.25) is 10.9 Å².